The first-order valence-corrected chi connectivity index (χ1v) is 9.87. The molecule has 2 aromatic carbocycles. The summed E-state index contributed by atoms with van der Waals surface area (Å²) in [5, 5.41) is 10.3. The monoisotopic (exact) mass is 399 g/mol. The van der Waals surface area contributed by atoms with Crippen LogP contribution in [0.1, 0.15) is 11.1 Å². The molecule has 27 heavy (non-hydrogen) atoms. The van der Waals surface area contributed by atoms with Gasteiger partial charge >= 0.3 is 0 Å². The molecule has 0 spiro atoms. The van der Waals surface area contributed by atoms with Crippen LogP contribution in [0.5, 0.6) is 5.75 Å². The predicted octanol–water partition coefficient (Wildman–Crippen LogP) is 4.94. The summed E-state index contributed by atoms with van der Waals surface area (Å²) in [5.74, 6) is 2.36. The molecular formula is C20H18ClN3O2S. The van der Waals surface area contributed by atoms with Crippen LogP contribution in [0, 0.1) is 0 Å². The second-order valence-electron chi connectivity index (χ2n) is 6.02. The lowest BCUT2D eigenvalue weighted by atomic mass is 10.1. The van der Waals surface area contributed by atoms with Gasteiger partial charge in [-0.3, -0.25) is 4.57 Å². The van der Waals surface area contributed by atoms with Gasteiger partial charge in [0.2, 0.25) is 0 Å². The highest BCUT2D eigenvalue weighted by atomic mass is 35.5. The van der Waals surface area contributed by atoms with E-state index in [4.69, 9.17) is 21.1 Å². The molecule has 0 saturated heterocycles. The maximum absolute atomic E-state index is 6.26. The number of thioether (sulfide) groups is 1. The van der Waals surface area contributed by atoms with Crippen molar-refractivity contribution in [3.63, 3.8) is 0 Å². The van der Waals surface area contributed by atoms with Crippen molar-refractivity contribution in [2.75, 3.05) is 6.79 Å². The van der Waals surface area contributed by atoms with Crippen molar-refractivity contribution in [3.8, 4) is 17.1 Å². The first-order valence-electron chi connectivity index (χ1n) is 8.50. The largest absolute Gasteiger partial charge is 0.467 e. The van der Waals surface area contributed by atoms with Crippen LogP contribution in [0.25, 0.3) is 11.4 Å². The summed E-state index contributed by atoms with van der Waals surface area (Å²) in [5.41, 5.74) is 3.03. The quantitative estimate of drug-likeness (QED) is 0.434. The van der Waals surface area contributed by atoms with E-state index in [1.807, 2.05) is 48.5 Å². The molecule has 0 amide bonds. The molecule has 0 saturated carbocycles. The number of rotatable bonds is 6. The van der Waals surface area contributed by atoms with Crippen molar-refractivity contribution < 1.29 is 9.47 Å². The average Bonchev–Trinajstić information content (AvgIpc) is 3.09. The molecule has 138 valence electrons. The fourth-order valence-corrected chi connectivity index (χ4v) is 4.17. The van der Waals surface area contributed by atoms with E-state index in [1.54, 1.807) is 11.8 Å². The van der Waals surface area contributed by atoms with Gasteiger partial charge in [0.05, 0.1) is 6.61 Å². The second-order valence-corrected chi connectivity index (χ2v) is 7.40. The van der Waals surface area contributed by atoms with Crippen molar-refractivity contribution in [1.82, 2.24) is 14.8 Å². The Morgan fingerprint density at radius 1 is 1.22 bits per heavy atom. The van der Waals surface area contributed by atoms with Gasteiger partial charge in [0.1, 0.15) is 5.75 Å². The highest BCUT2D eigenvalue weighted by Gasteiger charge is 2.18. The van der Waals surface area contributed by atoms with E-state index in [1.165, 1.54) is 0 Å². The van der Waals surface area contributed by atoms with Crippen LogP contribution in [0.2, 0.25) is 5.02 Å². The van der Waals surface area contributed by atoms with Crippen molar-refractivity contribution in [2.24, 2.45) is 0 Å². The third-order valence-corrected chi connectivity index (χ3v) is 5.40. The zero-order valence-electron chi connectivity index (χ0n) is 14.6. The van der Waals surface area contributed by atoms with E-state index in [-0.39, 0.29) is 6.79 Å². The van der Waals surface area contributed by atoms with Gasteiger partial charge in [-0.15, -0.1) is 16.8 Å². The van der Waals surface area contributed by atoms with Crippen molar-refractivity contribution in [1.29, 1.82) is 0 Å². The average molecular weight is 400 g/mol. The van der Waals surface area contributed by atoms with Crippen LogP contribution in [0.4, 0.5) is 0 Å². The third kappa shape index (κ3) is 3.88. The number of benzene rings is 2. The van der Waals surface area contributed by atoms with E-state index < -0.39 is 0 Å². The summed E-state index contributed by atoms with van der Waals surface area (Å²) in [4.78, 5) is 0. The van der Waals surface area contributed by atoms with Crippen LogP contribution in [-0.2, 0) is 23.6 Å². The summed E-state index contributed by atoms with van der Waals surface area (Å²) < 4.78 is 13.1. The maximum Gasteiger partial charge on any atom is 0.192 e. The number of ether oxygens (including phenoxy) is 2. The Labute approximate surface area is 167 Å². The lowest BCUT2D eigenvalue weighted by Crippen LogP contribution is -2.13. The number of halogens is 1. The fraction of sp³-hybridized carbons (Fsp3) is 0.200. The van der Waals surface area contributed by atoms with Crippen molar-refractivity contribution in [3.05, 3.63) is 71.3 Å². The molecule has 7 heteroatoms. The Bertz CT molecular complexity index is 959. The summed E-state index contributed by atoms with van der Waals surface area (Å²) in [6, 6.07) is 13.8. The molecule has 1 aromatic heterocycles. The molecule has 0 atom stereocenters. The topological polar surface area (TPSA) is 49.2 Å². The molecule has 0 fully saturated rings. The van der Waals surface area contributed by atoms with Crippen LogP contribution in [-0.4, -0.2) is 21.6 Å². The minimum absolute atomic E-state index is 0.261. The van der Waals surface area contributed by atoms with Crippen LogP contribution < -0.4 is 4.74 Å². The van der Waals surface area contributed by atoms with E-state index >= 15 is 0 Å². The lowest BCUT2D eigenvalue weighted by Gasteiger charge is -2.21. The molecule has 0 N–H and O–H groups in total. The minimum Gasteiger partial charge on any atom is -0.467 e. The van der Waals surface area contributed by atoms with Crippen LogP contribution in [0.3, 0.4) is 0 Å². The normalized spacial score (nSPS) is 13.1. The molecule has 0 unspecified atom stereocenters. The number of allylic oxidation sites excluding steroid dienone is 1. The third-order valence-electron chi connectivity index (χ3n) is 4.17. The number of nitrogens with zero attached hydrogens (tertiary/aromatic N) is 3. The number of fused-ring (bicyclic) bond motifs is 1. The molecule has 0 radical (unpaired) electrons. The highest BCUT2D eigenvalue weighted by molar-refractivity contribution is 7.98. The fourth-order valence-electron chi connectivity index (χ4n) is 3.00. The zero-order valence-corrected chi connectivity index (χ0v) is 16.2. The SMILES string of the molecule is C=CCn1c(SCc2cc(Cl)cc3c2OCOC3)nnc1-c1ccccc1. The van der Waals surface area contributed by atoms with Gasteiger partial charge in [-0.25, -0.2) is 0 Å². The predicted molar refractivity (Wildman–Crippen MR) is 107 cm³/mol. The number of hydrogen-bond donors (Lipinski definition) is 0. The van der Waals surface area contributed by atoms with Gasteiger partial charge in [0, 0.05) is 34.0 Å². The molecule has 0 bridgehead atoms. The van der Waals surface area contributed by atoms with E-state index in [0.717, 1.165) is 33.4 Å². The van der Waals surface area contributed by atoms with Gasteiger partial charge in [0.25, 0.3) is 0 Å². The smallest absolute Gasteiger partial charge is 0.192 e. The second kappa shape index (κ2) is 8.17. The molecular weight excluding hydrogens is 382 g/mol. The van der Waals surface area contributed by atoms with E-state index in [2.05, 4.69) is 21.3 Å². The molecule has 1 aliphatic rings. The summed E-state index contributed by atoms with van der Waals surface area (Å²) in [6.07, 6.45) is 1.85. The van der Waals surface area contributed by atoms with Gasteiger partial charge in [-0.05, 0) is 12.1 Å². The minimum atomic E-state index is 0.261. The van der Waals surface area contributed by atoms with Gasteiger partial charge in [-0.1, -0.05) is 59.8 Å². The molecule has 5 nitrogen and oxygen atoms in total. The van der Waals surface area contributed by atoms with Crippen molar-refractivity contribution in [2.45, 2.75) is 24.1 Å². The lowest BCUT2D eigenvalue weighted by molar-refractivity contribution is -0.0168. The first kappa shape index (κ1) is 18.1. The van der Waals surface area contributed by atoms with Crippen molar-refractivity contribution >= 4 is 23.4 Å². The van der Waals surface area contributed by atoms with Crippen LogP contribution in [0.15, 0.2) is 60.3 Å². The maximum atomic E-state index is 6.26. The molecule has 0 aliphatic carbocycles. The Morgan fingerprint density at radius 2 is 2.07 bits per heavy atom. The van der Waals surface area contributed by atoms with Crippen LogP contribution >= 0.6 is 23.4 Å². The number of aromatic nitrogens is 3. The summed E-state index contributed by atoms with van der Waals surface area (Å²) in [6.45, 7) is 5.27. The first-order chi connectivity index (χ1) is 13.3. The molecule has 3 aromatic rings. The zero-order chi connectivity index (χ0) is 18.6. The molecule has 2 heterocycles. The van der Waals surface area contributed by atoms with Gasteiger partial charge in [0.15, 0.2) is 17.8 Å². The Kier molecular flexibility index (Phi) is 5.48. The van der Waals surface area contributed by atoms with E-state index in [9.17, 15) is 0 Å². The summed E-state index contributed by atoms with van der Waals surface area (Å²) in [7, 11) is 0. The van der Waals surface area contributed by atoms with Gasteiger partial charge in [-0.2, -0.15) is 0 Å². The highest BCUT2D eigenvalue weighted by Crippen LogP contribution is 2.35. The Hall–Kier alpha value is -2.28. The molecule has 1 aliphatic heterocycles. The number of hydrogen-bond acceptors (Lipinski definition) is 5. The summed E-state index contributed by atoms with van der Waals surface area (Å²) >= 11 is 7.86. The Morgan fingerprint density at radius 3 is 2.89 bits per heavy atom. The van der Waals surface area contributed by atoms with Gasteiger partial charge < -0.3 is 9.47 Å². The van der Waals surface area contributed by atoms with E-state index in [0.29, 0.717) is 23.9 Å². The standard InChI is InChI=1S/C20H18ClN3O2S/c1-2-8-24-19(14-6-4-3-5-7-14)22-23-20(24)27-12-16-10-17(21)9-15-11-25-13-26-18(15)16/h2-7,9-10H,1,8,11-13H2. The Balaban J connectivity index is 1.62. The molecule has 4 rings (SSSR count).